The van der Waals surface area contributed by atoms with E-state index >= 15 is 0 Å². The van der Waals surface area contributed by atoms with Crippen molar-refractivity contribution in [3.05, 3.63) is 23.1 Å². The summed E-state index contributed by atoms with van der Waals surface area (Å²) in [4.78, 5) is 5.82. The van der Waals surface area contributed by atoms with Gasteiger partial charge in [-0.15, -0.1) is 0 Å². The Morgan fingerprint density at radius 1 is 1.43 bits per heavy atom. The second kappa shape index (κ2) is 4.11. The van der Waals surface area contributed by atoms with Crippen LogP contribution >= 0.6 is 11.6 Å². The van der Waals surface area contributed by atoms with E-state index in [1.807, 2.05) is 4.90 Å². The number of ether oxygens (including phenoxy) is 1. The number of hydrogen-bond acceptors (Lipinski definition) is 3. The molecule has 0 radical (unpaired) electrons. The average molecular weight is 217 g/mol. The zero-order valence-electron chi connectivity index (χ0n) is 7.54. The van der Waals surface area contributed by atoms with Crippen LogP contribution in [0.2, 0.25) is 5.02 Å². The van der Waals surface area contributed by atoms with Crippen molar-refractivity contribution in [2.75, 3.05) is 31.2 Å². The molecule has 1 aliphatic rings. The number of pyridine rings is 1. The fourth-order valence-electron chi connectivity index (χ4n) is 1.42. The Bertz CT molecular complexity index is 329. The van der Waals surface area contributed by atoms with Crippen molar-refractivity contribution >= 4 is 17.4 Å². The third kappa shape index (κ3) is 1.96. The second-order valence-electron chi connectivity index (χ2n) is 3.06. The molecule has 1 fully saturated rings. The van der Waals surface area contributed by atoms with E-state index in [1.54, 1.807) is 0 Å². The monoisotopic (exact) mass is 216 g/mol. The predicted octanol–water partition coefficient (Wildman–Crippen LogP) is 1.71. The van der Waals surface area contributed by atoms with Gasteiger partial charge in [-0.3, -0.25) is 0 Å². The number of nitrogens with zero attached hydrogens (tertiary/aromatic N) is 2. The van der Waals surface area contributed by atoms with Gasteiger partial charge in [-0.05, 0) is 6.07 Å². The smallest absolute Gasteiger partial charge is 0.167 e. The van der Waals surface area contributed by atoms with Gasteiger partial charge in [0.25, 0.3) is 0 Å². The van der Waals surface area contributed by atoms with Gasteiger partial charge in [-0.25, -0.2) is 9.37 Å². The quantitative estimate of drug-likeness (QED) is 0.715. The van der Waals surface area contributed by atoms with Crippen LogP contribution in [-0.2, 0) is 4.74 Å². The molecule has 14 heavy (non-hydrogen) atoms. The molecule has 0 saturated carbocycles. The van der Waals surface area contributed by atoms with E-state index in [4.69, 9.17) is 16.3 Å². The highest BCUT2D eigenvalue weighted by molar-refractivity contribution is 6.30. The Morgan fingerprint density at radius 2 is 2.14 bits per heavy atom. The normalized spacial score (nSPS) is 17.1. The highest BCUT2D eigenvalue weighted by atomic mass is 35.5. The second-order valence-corrected chi connectivity index (χ2v) is 3.49. The lowest BCUT2D eigenvalue weighted by Crippen LogP contribution is -2.37. The summed E-state index contributed by atoms with van der Waals surface area (Å²) in [6, 6.07) is 1.28. The molecule has 5 heteroatoms. The number of hydrogen-bond donors (Lipinski definition) is 0. The summed E-state index contributed by atoms with van der Waals surface area (Å²) in [5.41, 5.74) is 0. The minimum absolute atomic E-state index is 0.319. The van der Waals surface area contributed by atoms with Gasteiger partial charge in [0.1, 0.15) is 0 Å². The maximum absolute atomic E-state index is 13.4. The van der Waals surface area contributed by atoms with Gasteiger partial charge in [-0.2, -0.15) is 0 Å². The number of rotatable bonds is 1. The van der Waals surface area contributed by atoms with Gasteiger partial charge in [-0.1, -0.05) is 11.6 Å². The average Bonchev–Trinajstić information content (AvgIpc) is 2.19. The van der Waals surface area contributed by atoms with Crippen LogP contribution in [0.4, 0.5) is 10.2 Å². The largest absolute Gasteiger partial charge is 0.378 e. The van der Waals surface area contributed by atoms with E-state index < -0.39 is 0 Å². The minimum atomic E-state index is -0.376. The van der Waals surface area contributed by atoms with Crippen molar-refractivity contribution in [1.82, 2.24) is 4.98 Å². The van der Waals surface area contributed by atoms with Gasteiger partial charge in [0, 0.05) is 19.3 Å². The first-order valence-corrected chi connectivity index (χ1v) is 4.79. The molecule has 0 spiro atoms. The Hall–Kier alpha value is -0.870. The number of aromatic nitrogens is 1. The molecule has 0 unspecified atom stereocenters. The standard InChI is InChI=1S/C9H10ClFN2O/c10-7-5-8(11)9(12-6-7)13-1-3-14-4-2-13/h5-6H,1-4H2. The van der Waals surface area contributed by atoms with E-state index in [-0.39, 0.29) is 5.82 Å². The summed E-state index contributed by atoms with van der Waals surface area (Å²) in [5, 5.41) is 0.319. The Balaban J connectivity index is 2.22. The summed E-state index contributed by atoms with van der Waals surface area (Å²) in [6.45, 7) is 2.57. The summed E-state index contributed by atoms with van der Waals surface area (Å²) in [7, 11) is 0. The van der Waals surface area contributed by atoms with Crippen LogP contribution in [0.15, 0.2) is 12.3 Å². The first-order chi connectivity index (χ1) is 6.77. The molecule has 0 bridgehead atoms. The third-order valence-electron chi connectivity index (χ3n) is 2.10. The molecule has 0 amide bonds. The Kier molecular flexibility index (Phi) is 2.84. The van der Waals surface area contributed by atoms with Gasteiger partial charge in [0.05, 0.1) is 18.2 Å². The molecular formula is C9H10ClFN2O. The van der Waals surface area contributed by atoms with E-state index in [0.29, 0.717) is 37.1 Å². The molecular weight excluding hydrogens is 207 g/mol. The van der Waals surface area contributed by atoms with Crippen LogP contribution in [0.3, 0.4) is 0 Å². The van der Waals surface area contributed by atoms with E-state index in [9.17, 15) is 4.39 Å². The van der Waals surface area contributed by atoms with Gasteiger partial charge in [0.15, 0.2) is 11.6 Å². The fraction of sp³-hybridized carbons (Fsp3) is 0.444. The summed E-state index contributed by atoms with van der Waals surface area (Å²) in [5.74, 6) is -0.0166. The van der Waals surface area contributed by atoms with Gasteiger partial charge >= 0.3 is 0 Å². The molecule has 0 N–H and O–H groups in total. The lowest BCUT2D eigenvalue weighted by molar-refractivity contribution is 0.122. The number of halogens is 2. The van der Waals surface area contributed by atoms with Crippen LogP contribution in [-0.4, -0.2) is 31.3 Å². The minimum Gasteiger partial charge on any atom is -0.378 e. The maximum atomic E-state index is 13.4. The SMILES string of the molecule is Fc1cc(Cl)cnc1N1CCOCC1. The molecule has 0 atom stereocenters. The van der Waals surface area contributed by atoms with Crippen molar-refractivity contribution in [1.29, 1.82) is 0 Å². The summed E-state index contributed by atoms with van der Waals surface area (Å²) < 4.78 is 18.6. The van der Waals surface area contributed by atoms with E-state index in [0.717, 1.165) is 0 Å². The predicted molar refractivity (Wildman–Crippen MR) is 52.2 cm³/mol. The molecule has 1 aromatic heterocycles. The fourth-order valence-corrected chi connectivity index (χ4v) is 1.56. The van der Waals surface area contributed by atoms with Crippen molar-refractivity contribution in [2.24, 2.45) is 0 Å². The van der Waals surface area contributed by atoms with Crippen molar-refractivity contribution < 1.29 is 9.13 Å². The van der Waals surface area contributed by atoms with Crippen LogP contribution in [0, 0.1) is 5.82 Å². The zero-order chi connectivity index (χ0) is 9.97. The summed E-state index contributed by atoms with van der Waals surface area (Å²) >= 11 is 5.61. The van der Waals surface area contributed by atoms with Crippen molar-refractivity contribution in [3.8, 4) is 0 Å². The molecule has 2 heterocycles. The van der Waals surface area contributed by atoms with Crippen LogP contribution in [0.1, 0.15) is 0 Å². The van der Waals surface area contributed by atoms with E-state index in [1.165, 1.54) is 12.3 Å². The first-order valence-electron chi connectivity index (χ1n) is 4.41. The molecule has 0 aromatic carbocycles. The van der Waals surface area contributed by atoms with Crippen LogP contribution in [0.25, 0.3) is 0 Å². The molecule has 1 saturated heterocycles. The molecule has 76 valence electrons. The molecule has 1 aliphatic heterocycles. The summed E-state index contributed by atoms with van der Waals surface area (Å²) in [6.07, 6.45) is 1.45. The molecule has 0 aliphatic carbocycles. The first kappa shape index (κ1) is 9.68. The Morgan fingerprint density at radius 3 is 2.79 bits per heavy atom. The van der Waals surface area contributed by atoms with Gasteiger partial charge in [0.2, 0.25) is 0 Å². The lowest BCUT2D eigenvalue weighted by atomic mass is 10.3. The Labute approximate surface area is 86.4 Å². The number of anilines is 1. The van der Waals surface area contributed by atoms with Gasteiger partial charge < -0.3 is 9.64 Å². The van der Waals surface area contributed by atoms with Crippen LogP contribution in [0.5, 0.6) is 0 Å². The van der Waals surface area contributed by atoms with E-state index in [2.05, 4.69) is 4.98 Å². The molecule has 3 nitrogen and oxygen atoms in total. The lowest BCUT2D eigenvalue weighted by Gasteiger charge is -2.27. The molecule has 1 aromatic rings. The maximum Gasteiger partial charge on any atom is 0.167 e. The topological polar surface area (TPSA) is 25.4 Å². The van der Waals surface area contributed by atoms with Crippen molar-refractivity contribution in [2.45, 2.75) is 0 Å². The molecule has 2 rings (SSSR count). The third-order valence-corrected chi connectivity index (χ3v) is 2.31. The van der Waals surface area contributed by atoms with Crippen LogP contribution < -0.4 is 4.90 Å². The highest BCUT2D eigenvalue weighted by Crippen LogP contribution is 2.20. The van der Waals surface area contributed by atoms with Crippen molar-refractivity contribution in [3.63, 3.8) is 0 Å². The zero-order valence-corrected chi connectivity index (χ0v) is 8.30. The number of morpholine rings is 1. The highest BCUT2D eigenvalue weighted by Gasteiger charge is 2.16.